The zero-order valence-electron chi connectivity index (χ0n) is 11.3. The molecule has 0 aliphatic carbocycles. The number of hydrogen-bond donors (Lipinski definition) is 1. The molecule has 4 nitrogen and oxygen atoms in total. The number of fused-ring (bicyclic) bond motifs is 1. The lowest BCUT2D eigenvalue weighted by Gasteiger charge is -2.22. The minimum Gasteiger partial charge on any atom is -0.493 e. The van der Waals surface area contributed by atoms with Gasteiger partial charge in [-0.3, -0.25) is 0 Å². The van der Waals surface area contributed by atoms with E-state index < -0.39 is 0 Å². The average Bonchev–Trinajstić information content (AvgIpc) is 3.07. The van der Waals surface area contributed by atoms with E-state index in [0.29, 0.717) is 12.5 Å². The Morgan fingerprint density at radius 1 is 1.47 bits per heavy atom. The standard InChI is InChI=1S/C15H19N3O/c1-3-18-9-8-17-15(18)14(16-2)12-10-19-13-7-5-4-6-11(12)13/h4-9,12,14,16H,3,10H2,1-2H3. The van der Waals surface area contributed by atoms with Crippen LogP contribution in [0.15, 0.2) is 36.7 Å². The van der Waals surface area contributed by atoms with Gasteiger partial charge in [-0.05, 0) is 20.0 Å². The van der Waals surface area contributed by atoms with Gasteiger partial charge in [0.2, 0.25) is 0 Å². The minimum absolute atomic E-state index is 0.179. The van der Waals surface area contributed by atoms with Crippen LogP contribution in [-0.2, 0) is 6.54 Å². The highest BCUT2D eigenvalue weighted by molar-refractivity contribution is 5.41. The van der Waals surface area contributed by atoms with Crippen molar-refractivity contribution in [3.05, 3.63) is 48.0 Å². The first-order chi connectivity index (χ1) is 9.35. The molecule has 0 saturated heterocycles. The number of likely N-dealkylation sites (N-methyl/N-ethyl adjacent to an activating group) is 1. The van der Waals surface area contributed by atoms with Crippen molar-refractivity contribution in [1.29, 1.82) is 0 Å². The van der Waals surface area contributed by atoms with Crippen LogP contribution < -0.4 is 10.1 Å². The molecule has 1 aromatic carbocycles. The molecule has 0 bridgehead atoms. The maximum absolute atomic E-state index is 5.79. The molecule has 0 spiro atoms. The number of aromatic nitrogens is 2. The largest absolute Gasteiger partial charge is 0.493 e. The van der Waals surface area contributed by atoms with Gasteiger partial charge in [0.1, 0.15) is 11.6 Å². The molecule has 1 aliphatic heterocycles. The van der Waals surface area contributed by atoms with Crippen LogP contribution in [0.25, 0.3) is 0 Å². The second kappa shape index (κ2) is 5.05. The van der Waals surface area contributed by atoms with Crippen LogP contribution in [-0.4, -0.2) is 23.2 Å². The van der Waals surface area contributed by atoms with Crippen molar-refractivity contribution >= 4 is 0 Å². The molecule has 1 aromatic heterocycles. The van der Waals surface area contributed by atoms with Gasteiger partial charge in [0.25, 0.3) is 0 Å². The number of rotatable bonds is 4. The van der Waals surface area contributed by atoms with Crippen molar-refractivity contribution in [1.82, 2.24) is 14.9 Å². The summed E-state index contributed by atoms with van der Waals surface area (Å²) in [6.45, 7) is 3.78. The summed E-state index contributed by atoms with van der Waals surface area (Å²) in [6.07, 6.45) is 3.90. The highest BCUT2D eigenvalue weighted by atomic mass is 16.5. The molecule has 2 atom stereocenters. The number of nitrogens with one attached hydrogen (secondary N) is 1. The minimum atomic E-state index is 0.179. The number of imidazole rings is 1. The number of ether oxygens (including phenoxy) is 1. The molecule has 0 fully saturated rings. The zero-order valence-corrected chi connectivity index (χ0v) is 11.3. The molecule has 0 radical (unpaired) electrons. The van der Waals surface area contributed by atoms with Gasteiger partial charge in [0, 0.05) is 30.4 Å². The first kappa shape index (κ1) is 12.2. The first-order valence-corrected chi connectivity index (χ1v) is 6.75. The van der Waals surface area contributed by atoms with Gasteiger partial charge in [-0.15, -0.1) is 0 Å². The summed E-state index contributed by atoms with van der Waals surface area (Å²) < 4.78 is 7.97. The van der Waals surface area contributed by atoms with Crippen LogP contribution in [0.1, 0.15) is 30.3 Å². The maximum atomic E-state index is 5.79. The smallest absolute Gasteiger partial charge is 0.126 e. The van der Waals surface area contributed by atoms with Crippen molar-refractivity contribution in [2.45, 2.75) is 25.4 Å². The number of benzene rings is 1. The van der Waals surface area contributed by atoms with E-state index in [9.17, 15) is 0 Å². The topological polar surface area (TPSA) is 39.1 Å². The highest BCUT2D eigenvalue weighted by Crippen LogP contribution is 2.40. The number of para-hydroxylation sites is 1. The molecule has 100 valence electrons. The predicted octanol–water partition coefficient (Wildman–Crippen LogP) is 2.34. The predicted molar refractivity (Wildman–Crippen MR) is 74.4 cm³/mol. The van der Waals surface area contributed by atoms with E-state index in [2.05, 4.69) is 33.9 Å². The fraction of sp³-hybridized carbons (Fsp3) is 0.400. The summed E-state index contributed by atoms with van der Waals surface area (Å²) in [4.78, 5) is 4.52. The summed E-state index contributed by atoms with van der Waals surface area (Å²) >= 11 is 0. The number of nitrogens with zero attached hydrogens (tertiary/aromatic N) is 2. The van der Waals surface area contributed by atoms with Gasteiger partial charge in [-0.25, -0.2) is 4.98 Å². The number of aryl methyl sites for hydroxylation is 1. The van der Waals surface area contributed by atoms with Gasteiger partial charge in [-0.2, -0.15) is 0 Å². The SMILES string of the molecule is CCn1ccnc1C(NC)C1COc2ccccc21. The quantitative estimate of drug-likeness (QED) is 0.913. The molecule has 0 amide bonds. The molecular weight excluding hydrogens is 238 g/mol. The maximum Gasteiger partial charge on any atom is 0.126 e. The van der Waals surface area contributed by atoms with E-state index in [1.807, 2.05) is 31.6 Å². The Labute approximate surface area is 113 Å². The lowest BCUT2D eigenvalue weighted by atomic mass is 9.93. The average molecular weight is 257 g/mol. The van der Waals surface area contributed by atoms with E-state index in [1.165, 1.54) is 5.56 Å². The third-order valence-corrected chi connectivity index (χ3v) is 3.82. The summed E-state index contributed by atoms with van der Waals surface area (Å²) in [5, 5.41) is 3.40. The molecule has 19 heavy (non-hydrogen) atoms. The summed E-state index contributed by atoms with van der Waals surface area (Å²) in [5.41, 5.74) is 1.27. The molecule has 0 saturated carbocycles. The Balaban J connectivity index is 1.97. The Kier molecular flexibility index (Phi) is 3.25. The summed E-state index contributed by atoms with van der Waals surface area (Å²) in [5.74, 6) is 2.39. The van der Waals surface area contributed by atoms with Gasteiger partial charge >= 0.3 is 0 Å². The Morgan fingerprint density at radius 2 is 2.32 bits per heavy atom. The van der Waals surface area contributed by atoms with Crippen LogP contribution in [0, 0.1) is 0 Å². The summed E-state index contributed by atoms with van der Waals surface area (Å²) in [7, 11) is 1.99. The highest BCUT2D eigenvalue weighted by Gasteiger charge is 2.33. The van der Waals surface area contributed by atoms with Crippen molar-refractivity contribution in [3.8, 4) is 5.75 Å². The first-order valence-electron chi connectivity index (χ1n) is 6.75. The van der Waals surface area contributed by atoms with E-state index in [1.54, 1.807) is 0 Å². The molecule has 1 N–H and O–H groups in total. The second-order valence-electron chi connectivity index (χ2n) is 4.79. The molecule has 4 heteroatoms. The van der Waals surface area contributed by atoms with Crippen molar-refractivity contribution < 1.29 is 4.74 Å². The Bertz CT molecular complexity index is 564. The van der Waals surface area contributed by atoms with E-state index in [-0.39, 0.29) is 6.04 Å². The molecule has 3 rings (SSSR count). The van der Waals surface area contributed by atoms with Gasteiger partial charge < -0.3 is 14.6 Å². The van der Waals surface area contributed by atoms with Crippen molar-refractivity contribution in [3.63, 3.8) is 0 Å². The van der Waals surface area contributed by atoms with Crippen molar-refractivity contribution in [2.75, 3.05) is 13.7 Å². The molecule has 1 aliphatic rings. The van der Waals surface area contributed by atoms with E-state index >= 15 is 0 Å². The fourth-order valence-corrected chi connectivity index (χ4v) is 2.84. The van der Waals surface area contributed by atoms with Crippen LogP contribution in [0.2, 0.25) is 0 Å². The van der Waals surface area contributed by atoms with Crippen LogP contribution in [0.5, 0.6) is 5.75 Å². The van der Waals surface area contributed by atoms with Crippen LogP contribution in [0.4, 0.5) is 0 Å². The second-order valence-corrected chi connectivity index (χ2v) is 4.79. The number of hydrogen-bond acceptors (Lipinski definition) is 3. The van der Waals surface area contributed by atoms with Gasteiger partial charge in [0.05, 0.1) is 12.6 Å². The van der Waals surface area contributed by atoms with E-state index in [0.717, 1.165) is 18.1 Å². The summed E-state index contributed by atoms with van der Waals surface area (Å²) in [6, 6.07) is 8.45. The normalized spacial score (nSPS) is 18.9. The Morgan fingerprint density at radius 3 is 3.11 bits per heavy atom. The lowest BCUT2D eigenvalue weighted by Crippen LogP contribution is -2.27. The van der Waals surface area contributed by atoms with Gasteiger partial charge in [-0.1, -0.05) is 18.2 Å². The van der Waals surface area contributed by atoms with Crippen molar-refractivity contribution in [2.24, 2.45) is 0 Å². The van der Waals surface area contributed by atoms with Crippen LogP contribution >= 0.6 is 0 Å². The van der Waals surface area contributed by atoms with Gasteiger partial charge in [0.15, 0.2) is 0 Å². The van der Waals surface area contributed by atoms with E-state index in [4.69, 9.17) is 4.74 Å². The third-order valence-electron chi connectivity index (χ3n) is 3.82. The Hall–Kier alpha value is -1.81. The molecule has 2 aromatic rings. The zero-order chi connectivity index (χ0) is 13.2. The lowest BCUT2D eigenvalue weighted by molar-refractivity contribution is 0.298. The molecular formula is C15H19N3O. The monoisotopic (exact) mass is 257 g/mol. The molecule has 2 unspecified atom stereocenters. The van der Waals surface area contributed by atoms with Crippen LogP contribution in [0.3, 0.4) is 0 Å². The molecule has 2 heterocycles. The fourth-order valence-electron chi connectivity index (χ4n) is 2.84. The third kappa shape index (κ3) is 2.02.